The van der Waals surface area contributed by atoms with Crippen molar-refractivity contribution in [3.05, 3.63) is 71.5 Å². The fourth-order valence-corrected chi connectivity index (χ4v) is 3.97. The summed E-state index contributed by atoms with van der Waals surface area (Å²) < 4.78 is 51.8. The molecule has 0 radical (unpaired) electrons. The normalized spacial score (nSPS) is 12.2. The topological polar surface area (TPSA) is 78.3 Å². The van der Waals surface area contributed by atoms with Crippen molar-refractivity contribution >= 4 is 35.0 Å². The molecule has 35 heavy (non-hydrogen) atoms. The minimum absolute atomic E-state index is 0.00280. The van der Waals surface area contributed by atoms with E-state index in [1.54, 1.807) is 48.9 Å². The predicted molar refractivity (Wildman–Crippen MR) is 128 cm³/mol. The minimum atomic E-state index is -4.56. The van der Waals surface area contributed by atoms with Gasteiger partial charge in [0.1, 0.15) is 11.5 Å². The molecule has 1 atom stereocenters. The fourth-order valence-electron chi connectivity index (χ4n) is 3.05. The maximum absolute atomic E-state index is 13.0. The number of halogens is 4. The molecular weight excluding hydrogens is 505 g/mol. The van der Waals surface area contributed by atoms with E-state index in [4.69, 9.17) is 21.1 Å². The second-order valence-corrected chi connectivity index (χ2v) is 8.56. The Bertz CT molecular complexity index is 1200. The van der Waals surface area contributed by atoms with E-state index < -0.39 is 23.8 Å². The number of rotatable bonds is 10. The van der Waals surface area contributed by atoms with Crippen LogP contribution in [0.3, 0.4) is 0 Å². The smallest absolute Gasteiger partial charge is 0.416 e. The van der Waals surface area contributed by atoms with Crippen molar-refractivity contribution in [2.45, 2.75) is 30.9 Å². The number of hydrogen-bond acceptors (Lipinski definition) is 6. The number of thioether (sulfide) groups is 1. The number of alkyl halides is 3. The van der Waals surface area contributed by atoms with E-state index in [-0.39, 0.29) is 16.5 Å². The Balaban J connectivity index is 1.69. The number of amides is 1. The number of allylic oxidation sites excluding steroid dienone is 1. The number of nitrogens with one attached hydrogen (secondary N) is 1. The molecule has 1 aromatic heterocycles. The molecule has 186 valence electrons. The van der Waals surface area contributed by atoms with Crippen LogP contribution in [0.5, 0.6) is 11.5 Å². The van der Waals surface area contributed by atoms with Crippen LogP contribution in [0, 0.1) is 0 Å². The molecule has 0 saturated heterocycles. The lowest BCUT2D eigenvalue weighted by molar-refractivity contribution is -0.137. The van der Waals surface area contributed by atoms with Crippen molar-refractivity contribution in [1.82, 2.24) is 14.8 Å². The maximum atomic E-state index is 13.0. The van der Waals surface area contributed by atoms with Crippen molar-refractivity contribution in [3.63, 3.8) is 0 Å². The molecule has 1 amide bonds. The molecule has 0 aliphatic heterocycles. The van der Waals surface area contributed by atoms with E-state index in [9.17, 15) is 18.0 Å². The number of aromatic nitrogens is 3. The van der Waals surface area contributed by atoms with Gasteiger partial charge >= 0.3 is 6.18 Å². The number of ether oxygens (including phenoxy) is 2. The standard InChI is InChI=1S/C23H22ClF3N4O3S/c1-4-10-31-21(14(2)34-17-7-5-6-16(12-17)33-3)29-30-22(31)35-13-20(32)28-19-11-15(23(25,26)27)8-9-18(19)24/h4-9,11-12,14H,1,10,13H2,2-3H3,(H,28,32). The first-order chi connectivity index (χ1) is 16.6. The number of benzene rings is 2. The van der Waals surface area contributed by atoms with Crippen LogP contribution in [-0.4, -0.2) is 33.5 Å². The second kappa shape index (κ2) is 11.5. The van der Waals surface area contributed by atoms with Gasteiger partial charge in [-0.1, -0.05) is 35.5 Å². The largest absolute Gasteiger partial charge is 0.497 e. The molecule has 1 N–H and O–H groups in total. The van der Waals surface area contributed by atoms with Crippen molar-refractivity contribution in [3.8, 4) is 11.5 Å². The van der Waals surface area contributed by atoms with E-state index in [1.165, 1.54) is 0 Å². The fraction of sp³-hybridized carbons (Fsp3) is 0.261. The summed E-state index contributed by atoms with van der Waals surface area (Å²) in [6, 6.07) is 9.84. The van der Waals surface area contributed by atoms with E-state index in [0.29, 0.717) is 29.0 Å². The molecule has 3 rings (SSSR count). The molecule has 1 heterocycles. The van der Waals surface area contributed by atoms with Crippen LogP contribution in [0.4, 0.5) is 18.9 Å². The highest BCUT2D eigenvalue weighted by molar-refractivity contribution is 7.99. The molecule has 0 spiro atoms. The van der Waals surface area contributed by atoms with Crippen molar-refractivity contribution in [1.29, 1.82) is 0 Å². The van der Waals surface area contributed by atoms with Gasteiger partial charge in [0.05, 0.1) is 29.1 Å². The number of hydrogen-bond donors (Lipinski definition) is 1. The summed E-state index contributed by atoms with van der Waals surface area (Å²) in [5.41, 5.74) is -1.04. The number of carbonyl (C=O) groups is 1. The SMILES string of the molecule is C=CCn1c(SCC(=O)Nc2cc(C(F)(F)F)ccc2Cl)nnc1C(C)Oc1cccc(OC)c1. The minimum Gasteiger partial charge on any atom is -0.497 e. The highest BCUT2D eigenvalue weighted by Gasteiger charge is 2.31. The Labute approximate surface area is 209 Å². The molecule has 0 aliphatic rings. The number of carbonyl (C=O) groups excluding carboxylic acids is 1. The summed E-state index contributed by atoms with van der Waals surface area (Å²) >= 11 is 7.02. The molecule has 0 bridgehead atoms. The van der Waals surface area contributed by atoms with Gasteiger partial charge < -0.3 is 14.8 Å². The maximum Gasteiger partial charge on any atom is 0.416 e. The summed E-state index contributed by atoms with van der Waals surface area (Å²) in [5, 5.41) is 11.2. The van der Waals surface area contributed by atoms with Gasteiger partial charge in [-0.3, -0.25) is 9.36 Å². The summed E-state index contributed by atoms with van der Waals surface area (Å²) in [6.45, 7) is 5.91. The van der Waals surface area contributed by atoms with E-state index in [0.717, 1.165) is 30.0 Å². The van der Waals surface area contributed by atoms with Gasteiger partial charge in [-0.15, -0.1) is 16.8 Å². The molecule has 0 fully saturated rings. The molecule has 7 nitrogen and oxygen atoms in total. The van der Waals surface area contributed by atoms with Crippen LogP contribution in [0.15, 0.2) is 60.3 Å². The zero-order valence-electron chi connectivity index (χ0n) is 18.8. The van der Waals surface area contributed by atoms with Crippen LogP contribution in [0.2, 0.25) is 5.02 Å². The predicted octanol–water partition coefficient (Wildman–Crippen LogP) is 6.02. The summed E-state index contributed by atoms with van der Waals surface area (Å²) in [4.78, 5) is 12.4. The number of nitrogens with zero attached hydrogens (tertiary/aromatic N) is 3. The molecule has 12 heteroatoms. The van der Waals surface area contributed by atoms with Gasteiger partial charge in [0, 0.05) is 12.6 Å². The molecule has 1 unspecified atom stereocenters. The first-order valence-corrected chi connectivity index (χ1v) is 11.6. The number of methoxy groups -OCH3 is 1. The van der Waals surface area contributed by atoms with Crippen molar-refractivity contribution < 1.29 is 27.4 Å². The molecule has 0 aliphatic carbocycles. The van der Waals surface area contributed by atoms with Crippen LogP contribution in [0.25, 0.3) is 0 Å². The Morgan fingerprint density at radius 3 is 2.69 bits per heavy atom. The summed E-state index contributed by atoms with van der Waals surface area (Å²) in [7, 11) is 1.56. The lowest BCUT2D eigenvalue weighted by Crippen LogP contribution is -2.16. The van der Waals surface area contributed by atoms with Gasteiger partial charge in [0.15, 0.2) is 17.1 Å². The van der Waals surface area contributed by atoms with Crippen LogP contribution in [0.1, 0.15) is 24.4 Å². The highest BCUT2D eigenvalue weighted by atomic mass is 35.5. The second-order valence-electron chi connectivity index (χ2n) is 7.21. The number of anilines is 1. The van der Waals surface area contributed by atoms with E-state index in [2.05, 4.69) is 22.1 Å². The van der Waals surface area contributed by atoms with Gasteiger partial charge in [-0.25, -0.2) is 0 Å². The van der Waals surface area contributed by atoms with Gasteiger partial charge in [-0.05, 0) is 37.3 Å². The van der Waals surface area contributed by atoms with Gasteiger partial charge in [-0.2, -0.15) is 13.2 Å². The third-order valence-electron chi connectivity index (χ3n) is 4.67. The first kappa shape index (κ1) is 26.4. The molecule has 2 aromatic carbocycles. The van der Waals surface area contributed by atoms with Gasteiger partial charge in [0.2, 0.25) is 5.91 Å². The molecule has 3 aromatic rings. The third kappa shape index (κ3) is 6.92. The van der Waals surface area contributed by atoms with Crippen LogP contribution >= 0.6 is 23.4 Å². The van der Waals surface area contributed by atoms with Crippen LogP contribution in [-0.2, 0) is 17.5 Å². The summed E-state index contributed by atoms with van der Waals surface area (Å²) in [5.74, 6) is 1.05. The Morgan fingerprint density at radius 1 is 1.26 bits per heavy atom. The average Bonchev–Trinajstić information content (AvgIpc) is 3.21. The van der Waals surface area contributed by atoms with Crippen LogP contribution < -0.4 is 14.8 Å². The lowest BCUT2D eigenvalue weighted by atomic mass is 10.2. The summed E-state index contributed by atoms with van der Waals surface area (Å²) in [6.07, 6.45) is -3.39. The molecule has 0 saturated carbocycles. The monoisotopic (exact) mass is 526 g/mol. The van der Waals surface area contributed by atoms with Crippen molar-refractivity contribution in [2.75, 3.05) is 18.2 Å². The zero-order valence-corrected chi connectivity index (χ0v) is 20.4. The van der Waals surface area contributed by atoms with Crippen molar-refractivity contribution in [2.24, 2.45) is 0 Å². The lowest BCUT2D eigenvalue weighted by Gasteiger charge is -2.16. The molecular formula is C23H22ClF3N4O3S. The first-order valence-electron chi connectivity index (χ1n) is 10.3. The average molecular weight is 527 g/mol. The third-order valence-corrected chi connectivity index (χ3v) is 5.97. The highest BCUT2D eigenvalue weighted by Crippen LogP contribution is 2.34. The quantitative estimate of drug-likeness (QED) is 0.257. The Morgan fingerprint density at radius 2 is 2.00 bits per heavy atom. The Kier molecular flexibility index (Phi) is 8.68. The van der Waals surface area contributed by atoms with E-state index in [1.807, 2.05) is 0 Å². The van der Waals surface area contributed by atoms with E-state index >= 15 is 0 Å². The Hall–Kier alpha value is -3.18. The van der Waals surface area contributed by atoms with Gasteiger partial charge in [0.25, 0.3) is 0 Å². The zero-order chi connectivity index (χ0) is 25.6.